The van der Waals surface area contributed by atoms with Gasteiger partial charge in [-0.15, -0.1) is 0 Å². The van der Waals surface area contributed by atoms with E-state index in [4.69, 9.17) is 4.55 Å². The molecule has 0 spiro atoms. The van der Waals surface area contributed by atoms with Crippen LogP contribution in [0.3, 0.4) is 0 Å². The summed E-state index contributed by atoms with van der Waals surface area (Å²) in [6.07, 6.45) is 3.34. The lowest BCUT2D eigenvalue weighted by Gasteiger charge is -2.27. The van der Waals surface area contributed by atoms with Crippen molar-refractivity contribution >= 4 is 11.3 Å². The van der Waals surface area contributed by atoms with Gasteiger partial charge in [-0.3, -0.25) is 4.55 Å². The van der Waals surface area contributed by atoms with Crippen molar-refractivity contribution in [2.45, 2.75) is 26.2 Å². The van der Waals surface area contributed by atoms with Crippen molar-refractivity contribution < 1.29 is 8.76 Å². The molecule has 1 rings (SSSR count). The third-order valence-electron chi connectivity index (χ3n) is 2.37. The van der Waals surface area contributed by atoms with Gasteiger partial charge in [-0.25, -0.2) is 8.51 Å². The van der Waals surface area contributed by atoms with Crippen LogP contribution < -0.4 is 0 Å². The number of hydrogen-bond acceptors (Lipinski definition) is 1. The predicted octanol–water partition coefficient (Wildman–Crippen LogP) is 1.25. The van der Waals surface area contributed by atoms with Gasteiger partial charge in [0, 0.05) is 13.1 Å². The van der Waals surface area contributed by atoms with Crippen LogP contribution in [0.15, 0.2) is 0 Å². The molecule has 11 heavy (non-hydrogen) atoms. The van der Waals surface area contributed by atoms with Crippen LogP contribution in [0, 0.1) is 5.92 Å². The summed E-state index contributed by atoms with van der Waals surface area (Å²) in [5.41, 5.74) is 0. The fraction of sp³-hybridized carbons (Fsp3) is 1.00. The first-order valence-electron chi connectivity index (χ1n) is 4.10. The molecule has 1 aliphatic rings. The van der Waals surface area contributed by atoms with Crippen LogP contribution in [0.25, 0.3) is 0 Å². The number of piperidine rings is 1. The highest BCUT2D eigenvalue weighted by Gasteiger charge is 2.20. The molecule has 1 atom stereocenters. The highest BCUT2D eigenvalue weighted by molar-refractivity contribution is 7.76. The molecule has 0 radical (unpaired) electrons. The van der Waals surface area contributed by atoms with Crippen LogP contribution >= 0.6 is 0 Å². The predicted molar refractivity (Wildman–Crippen MR) is 45.4 cm³/mol. The molecule has 3 nitrogen and oxygen atoms in total. The molecule has 1 fully saturated rings. The van der Waals surface area contributed by atoms with Gasteiger partial charge < -0.3 is 0 Å². The maximum Gasteiger partial charge on any atom is 0.234 e. The Morgan fingerprint density at radius 3 is 2.45 bits per heavy atom. The second-order valence-electron chi connectivity index (χ2n) is 3.01. The van der Waals surface area contributed by atoms with Crippen molar-refractivity contribution in [1.82, 2.24) is 4.31 Å². The largest absolute Gasteiger partial charge is 0.294 e. The van der Waals surface area contributed by atoms with E-state index >= 15 is 0 Å². The van der Waals surface area contributed by atoms with Gasteiger partial charge in [-0.1, -0.05) is 13.3 Å². The summed E-state index contributed by atoms with van der Waals surface area (Å²) < 4.78 is 20.9. The van der Waals surface area contributed by atoms with Crippen LogP contribution in [0.2, 0.25) is 0 Å². The average molecular weight is 177 g/mol. The van der Waals surface area contributed by atoms with Gasteiger partial charge in [0.2, 0.25) is 11.3 Å². The average Bonchev–Trinajstić information content (AvgIpc) is 2.05. The molecule has 1 saturated heterocycles. The van der Waals surface area contributed by atoms with E-state index in [1.165, 1.54) is 6.42 Å². The van der Waals surface area contributed by atoms with Crippen molar-refractivity contribution in [2.75, 3.05) is 13.1 Å². The van der Waals surface area contributed by atoms with Gasteiger partial charge in [0.15, 0.2) is 0 Å². The summed E-state index contributed by atoms with van der Waals surface area (Å²) >= 11 is -1.74. The molecule has 66 valence electrons. The minimum atomic E-state index is -1.74. The van der Waals surface area contributed by atoms with Gasteiger partial charge in [0.25, 0.3) is 0 Å². The Bertz CT molecular complexity index is 143. The maximum absolute atomic E-state index is 10.6. The monoisotopic (exact) mass is 177 g/mol. The minimum Gasteiger partial charge on any atom is -0.294 e. The summed E-state index contributed by atoms with van der Waals surface area (Å²) in [6.45, 7) is 3.74. The van der Waals surface area contributed by atoms with E-state index in [2.05, 4.69) is 6.92 Å². The summed E-state index contributed by atoms with van der Waals surface area (Å²) in [6, 6.07) is 0. The van der Waals surface area contributed by atoms with Crippen LogP contribution in [-0.2, 0) is 11.3 Å². The van der Waals surface area contributed by atoms with Crippen LogP contribution in [0.4, 0.5) is 0 Å². The normalized spacial score (nSPS) is 25.3. The smallest absolute Gasteiger partial charge is 0.234 e. The molecule has 0 aromatic rings. The topological polar surface area (TPSA) is 40.5 Å². The van der Waals surface area contributed by atoms with E-state index in [9.17, 15) is 4.21 Å². The SMILES string of the molecule is CCC1CCN(S(=O)O)CC1. The van der Waals surface area contributed by atoms with Crippen LogP contribution in [-0.4, -0.2) is 26.2 Å². The highest BCUT2D eigenvalue weighted by atomic mass is 32.2. The molecule has 0 aromatic carbocycles. The fourth-order valence-corrected chi connectivity index (χ4v) is 2.00. The second-order valence-corrected chi connectivity index (χ2v) is 3.99. The summed E-state index contributed by atoms with van der Waals surface area (Å²) in [5, 5.41) is 0. The number of rotatable bonds is 2. The molecule has 4 heteroatoms. The Morgan fingerprint density at radius 1 is 1.55 bits per heavy atom. The van der Waals surface area contributed by atoms with E-state index < -0.39 is 11.3 Å². The fourth-order valence-electron chi connectivity index (χ4n) is 1.47. The van der Waals surface area contributed by atoms with Gasteiger partial charge in [0.1, 0.15) is 0 Å². The molecule has 0 saturated carbocycles. The van der Waals surface area contributed by atoms with Crippen LogP contribution in [0.1, 0.15) is 26.2 Å². The molecule has 0 bridgehead atoms. The molecule has 0 aliphatic carbocycles. The minimum absolute atomic E-state index is 0.773. The zero-order chi connectivity index (χ0) is 8.27. The first-order chi connectivity index (χ1) is 5.24. The third kappa shape index (κ3) is 2.54. The van der Waals surface area contributed by atoms with Crippen molar-refractivity contribution in [3.8, 4) is 0 Å². The van der Waals surface area contributed by atoms with Crippen molar-refractivity contribution in [3.63, 3.8) is 0 Å². The van der Waals surface area contributed by atoms with E-state index in [0.717, 1.165) is 31.8 Å². The maximum atomic E-state index is 10.6. The zero-order valence-electron chi connectivity index (χ0n) is 6.82. The Kier molecular flexibility index (Phi) is 3.48. The van der Waals surface area contributed by atoms with E-state index in [1.807, 2.05) is 0 Å². The quantitative estimate of drug-likeness (QED) is 0.645. The van der Waals surface area contributed by atoms with Gasteiger partial charge in [0.05, 0.1) is 0 Å². The van der Waals surface area contributed by atoms with Gasteiger partial charge >= 0.3 is 0 Å². The van der Waals surface area contributed by atoms with E-state index in [0.29, 0.717) is 0 Å². The molecular weight excluding hydrogens is 162 g/mol. The Hall–Kier alpha value is 0.0700. The first kappa shape index (κ1) is 9.16. The Balaban J connectivity index is 2.30. The lowest BCUT2D eigenvalue weighted by molar-refractivity contribution is 0.265. The zero-order valence-corrected chi connectivity index (χ0v) is 7.64. The van der Waals surface area contributed by atoms with Crippen molar-refractivity contribution in [3.05, 3.63) is 0 Å². The molecule has 1 heterocycles. The van der Waals surface area contributed by atoms with E-state index in [-0.39, 0.29) is 0 Å². The lowest BCUT2D eigenvalue weighted by Crippen LogP contribution is -2.34. The summed E-state index contributed by atoms with van der Waals surface area (Å²) in [7, 11) is 0. The molecule has 1 unspecified atom stereocenters. The first-order valence-corrected chi connectivity index (χ1v) is 5.16. The molecule has 0 amide bonds. The second kappa shape index (κ2) is 4.18. The molecule has 1 N–H and O–H groups in total. The van der Waals surface area contributed by atoms with Crippen molar-refractivity contribution in [1.29, 1.82) is 0 Å². The third-order valence-corrected chi connectivity index (χ3v) is 3.18. The molecule has 0 aromatic heterocycles. The van der Waals surface area contributed by atoms with E-state index in [1.54, 1.807) is 4.31 Å². The Labute approximate surface area is 70.2 Å². The summed E-state index contributed by atoms with van der Waals surface area (Å²) in [5.74, 6) is 0.773. The number of nitrogens with zero attached hydrogens (tertiary/aromatic N) is 1. The molecule has 1 aliphatic heterocycles. The summed E-state index contributed by atoms with van der Waals surface area (Å²) in [4.78, 5) is 0. The Morgan fingerprint density at radius 2 is 2.09 bits per heavy atom. The molecular formula is C7H15NO2S. The van der Waals surface area contributed by atoms with Crippen LogP contribution in [0.5, 0.6) is 0 Å². The van der Waals surface area contributed by atoms with Gasteiger partial charge in [-0.05, 0) is 18.8 Å². The highest BCUT2D eigenvalue weighted by Crippen LogP contribution is 2.20. The lowest BCUT2D eigenvalue weighted by atomic mass is 9.96. The number of hydrogen-bond donors (Lipinski definition) is 1. The standard InChI is InChI=1S/C7H15NO2S/c1-2-7-3-5-8(6-4-7)11(9)10/h7H,2-6H2,1H3,(H,9,10). The van der Waals surface area contributed by atoms with Gasteiger partial charge in [-0.2, -0.15) is 0 Å². The van der Waals surface area contributed by atoms with Crippen molar-refractivity contribution in [2.24, 2.45) is 5.92 Å².